The Morgan fingerprint density at radius 1 is 1.18 bits per heavy atom. The third-order valence-corrected chi connectivity index (χ3v) is 4.54. The van der Waals surface area contributed by atoms with Crippen LogP contribution in [0.5, 0.6) is 0 Å². The molecule has 2 fully saturated rings. The van der Waals surface area contributed by atoms with Gasteiger partial charge in [-0.2, -0.15) is 0 Å². The molecule has 1 atom stereocenters. The maximum Gasteiger partial charge on any atom is 0.329 e. The van der Waals surface area contributed by atoms with E-state index >= 15 is 0 Å². The lowest BCUT2D eigenvalue weighted by Crippen LogP contribution is -2.60. The van der Waals surface area contributed by atoms with Crippen LogP contribution in [0.1, 0.15) is 25.7 Å². The van der Waals surface area contributed by atoms with E-state index in [9.17, 15) is 19.5 Å². The zero-order chi connectivity index (χ0) is 16.2. The second-order valence-corrected chi connectivity index (χ2v) is 5.76. The number of likely N-dealkylation sites (tertiary alicyclic amines) is 1. The highest BCUT2D eigenvalue weighted by atomic mass is 16.5. The van der Waals surface area contributed by atoms with Gasteiger partial charge in [0.05, 0.1) is 13.1 Å². The molecule has 2 rings (SSSR count). The number of carboxylic acids is 2. The molecule has 0 aromatic heterocycles. The van der Waals surface area contributed by atoms with E-state index in [2.05, 4.69) is 5.32 Å². The van der Waals surface area contributed by atoms with E-state index < -0.39 is 17.5 Å². The molecular weight excluding hydrogens is 292 g/mol. The molecule has 124 valence electrons. The average Bonchev–Trinajstić information content (AvgIpc) is 2.93. The summed E-state index contributed by atoms with van der Waals surface area (Å²) in [6.07, 6.45) is 2.34. The minimum atomic E-state index is -1.17. The summed E-state index contributed by atoms with van der Waals surface area (Å²) in [5, 5.41) is 20.9. The van der Waals surface area contributed by atoms with E-state index in [1.807, 2.05) is 0 Å². The zero-order valence-corrected chi connectivity index (χ0v) is 12.4. The van der Waals surface area contributed by atoms with Gasteiger partial charge in [-0.1, -0.05) is 0 Å². The SMILES string of the molecule is O=C(O)CNCC(=O)N1CCC[C@]1(C(=O)O)C1CCOCC1. The zero-order valence-electron chi connectivity index (χ0n) is 12.4. The van der Waals surface area contributed by atoms with Gasteiger partial charge in [-0.25, -0.2) is 4.79 Å². The highest BCUT2D eigenvalue weighted by molar-refractivity contribution is 5.89. The number of hydrogen-bond donors (Lipinski definition) is 3. The highest BCUT2D eigenvalue weighted by Crippen LogP contribution is 2.41. The fourth-order valence-corrected chi connectivity index (χ4v) is 3.56. The Morgan fingerprint density at radius 3 is 2.45 bits per heavy atom. The minimum Gasteiger partial charge on any atom is -0.480 e. The Bertz CT molecular complexity index is 449. The number of hydrogen-bond acceptors (Lipinski definition) is 5. The average molecular weight is 314 g/mol. The van der Waals surface area contributed by atoms with Crippen LogP contribution in [-0.2, 0) is 19.1 Å². The smallest absolute Gasteiger partial charge is 0.329 e. The number of rotatable bonds is 6. The molecule has 3 N–H and O–H groups in total. The maximum atomic E-state index is 12.4. The molecular formula is C14H22N2O6. The Hall–Kier alpha value is -1.67. The molecule has 2 aliphatic heterocycles. The molecule has 0 bridgehead atoms. The van der Waals surface area contributed by atoms with Crippen molar-refractivity contribution in [1.82, 2.24) is 10.2 Å². The summed E-state index contributed by atoms with van der Waals surface area (Å²) < 4.78 is 5.30. The van der Waals surface area contributed by atoms with Crippen LogP contribution in [0.15, 0.2) is 0 Å². The fraction of sp³-hybridized carbons (Fsp3) is 0.786. The Kier molecular flexibility index (Phi) is 5.36. The Labute approximate surface area is 128 Å². The molecule has 8 heteroatoms. The Balaban J connectivity index is 2.11. The summed E-state index contributed by atoms with van der Waals surface area (Å²) in [7, 11) is 0. The van der Waals surface area contributed by atoms with Gasteiger partial charge < -0.3 is 19.8 Å². The molecule has 22 heavy (non-hydrogen) atoms. The lowest BCUT2D eigenvalue weighted by atomic mass is 9.77. The molecule has 8 nitrogen and oxygen atoms in total. The van der Waals surface area contributed by atoms with Gasteiger partial charge in [0.1, 0.15) is 5.54 Å². The predicted octanol–water partition coefficient (Wildman–Crippen LogP) is -0.467. The minimum absolute atomic E-state index is 0.121. The van der Waals surface area contributed by atoms with E-state index in [-0.39, 0.29) is 24.9 Å². The van der Waals surface area contributed by atoms with Crippen LogP contribution in [0.2, 0.25) is 0 Å². The summed E-state index contributed by atoms with van der Waals surface area (Å²) in [6, 6.07) is 0. The third-order valence-electron chi connectivity index (χ3n) is 4.54. The first kappa shape index (κ1) is 16.7. The molecule has 2 saturated heterocycles. The van der Waals surface area contributed by atoms with E-state index in [4.69, 9.17) is 9.84 Å². The predicted molar refractivity (Wildman–Crippen MR) is 75.4 cm³/mol. The van der Waals surface area contributed by atoms with Crippen LogP contribution >= 0.6 is 0 Å². The largest absolute Gasteiger partial charge is 0.480 e. The van der Waals surface area contributed by atoms with Crippen molar-refractivity contribution in [3.05, 3.63) is 0 Å². The van der Waals surface area contributed by atoms with Crippen molar-refractivity contribution in [2.24, 2.45) is 5.92 Å². The molecule has 0 aromatic carbocycles. The number of nitrogens with zero attached hydrogens (tertiary/aromatic N) is 1. The number of amides is 1. The fourth-order valence-electron chi connectivity index (χ4n) is 3.56. The monoisotopic (exact) mass is 314 g/mol. The van der Waals surface area contributed by atoms with Crippen LogP contribution in [0.4, 0.5) is 0 Å². The van der Waals surface area contributed by atoms with Crippen LogP contribution in [-0.4, -0.2) is 71.3 Å². The van der Waals surface area contributed by atoms with Crippen molar-refractivity contribution in [3.8, 4) is 0 Å². The van der Waals surface area contributed by atoms with E-state index in [0.29, 0.717) is 45.4 Å². The van der Waals surface area contributed by atoms with Gasteiger partial charge in [-0.05, 0) is 31.6 Å². The number of nitrogens with one attached hydrogen (secondary N) is 1. The molecule has 2 heterocycles. The van der Waals surface area contributed by atoms with Crippen molar-refractivity contribution >= 4 is 17.8 Å². The molecule has 0 saturated carbocycles. The van der Waals surface area contributed by atoms with Gasteiger partial charge in [0, 0.05) is 19.8 Å². The third kappa shape index (κ3) is 3.22. The summed E-state index contributed by atoms with van der Waals surface area (Å²) in [5.41, 5.74) is -1.17. The lowest BCUT2D eigenvalue weighted by molar-refractivity contribution is -0.163. The molecule has 0 aliphatic carbocycles. The van der Waals surface area contributed by atoms with Crippen LogP contribution < -0.4 is 5.32 Å². The maximum absolute atomic E-state index is 12.4. The first-order chi connectivity index (χ1) is 10.5. The summed E-state index contributed by atoms with van der Waals surface area (Å²) >= 11 is 0. The number of ether oxygens (including phenoxy) is 1. The van der Waals surface area contributed by atoms with Gasteiger partial charge in [0.2, 0.25) is 5.91 Å². The van der Waals surface area contributed by atoms with Gasteiger partial charge in [-0.15, -0.1) is 0 Å². The van der Waals surface area contributed by atoms with E-state index in [1.165, 1.54) is 4.90 Å². The highest BCUT2D eigenvalue weighted by Gasteiger charge is 2.54. The quantitative estimate of drug-likeness (QED) is 0.607. The van der Waals surface area contributed by atoms with Gasteiger partial charge in [-0.3, -0.25) is 14.9 Å². The molecule has 0 radical (unpaired) electrons. The normalized spacial score (nSPS) is 26.1. The summed E-state index contributed by atoms with van der Waals surface area (Å²) in [4.78, 5) is 36.3. The molecule has 0 unspecified atom stereocenters. The van der Waals surface area contributed by atoms with Crippen LogP contribution in [0, 0.1) is 5.92 Å². The number of carbonyl (C=O) groups excluding carboxylic acids is 1. The lowest BCUT2D eigenvalue weighted by Gasteiger charge is -2.42. The topological polar surface area (TPSA) is 116 Å². The summed E-state index contributed by atoms with van der Waals surface area (Å²) in [6.45, 7) is 0.941. The first-order valence-electron chi connectivity index (χ1n) is 7.52. The number of carboxylic acid groups (broad SMARTS) is 2. The van der Waals surface area contributed by atoms with Crippen molar-refractivity contribution < 1.29 is 29.3 Å². The van der Waals surface area contributed by atoms with Gasteiger partial charge >= 0.3 is 11.9 Å². The van der Waals surface area contributed by atoms with Crippen molar-refractivity contribution in [2.45, 2.75) is 31.2 Å². The molecule has 1 amide bonds. The van der Waals surface area contributed by atoms with Crippen molar-refractivity contribution in [1.29, 1.82) is 0 Å². The second-order valence-electron chi connectivity index (χ2n) is 5.76. The standard InChI is InChI=1S/C14H22N2O6/c17-11(8-15-9-12(18)19)16-5-1-4-14(16,13(20)21)10-2-6-22-7-3-10/h10,15H,1-9H2,(H,18,19)(H,20,21)/t14-/m1/s1. The van der Waals surface area contributed by atoms with Crippen molar-refractivity contribution in [2.75, 3.05) is 32.8 Å². The first-order valence-corrected chi connectivity index (χ1v) is 7.52. The van der Waals surface area contributed by atoms with Crippen molar-refractivity contribution in [3.63, 3.8) is 0 Å². The van der Waals surface area contributed by atoms with E-state index in [0.717, 1.165) is 0 Å². The number of carbonyl (C=O) groups is 3. The second kappa shape index (κ2) is 7.06. The molecule has 0 spiro atoms. The van der Waals surface area contributed by atoms with Crippen LogP contribution in [0.25, 0.3) is 0 Å². The Morgan fingerprint density at radius 2 is 1.86 bits per heavy atom. The molecule has 2 aliphatic rings. The molecule has 0 aromatic rings. The van der Waals surface area contributed by atoms with Crippen LogP contribution in [0.3, 0.4) is 0 Å². The van der Waals surface area contributed by atoms with Gasteiger partial charge in [0.15, 0.2) is 0 Å². The number of aliphatic carboxylic acids is 2. The van der Waals surface area contributed by atoms with Gasteiger partial charge in [0.25, 0.3) is 0 Å². The van der Waals surface area contributed by atoms with E-state index in [1.54, 1.807) is 0 Å². The summed E-state index contributed by atoms with van der Waals surface area (Å²) in [5.74, 6) is -2.50.